The maximum atomic E-state index is 12.1. The van der Waals surface area contributed by atoms with Crippen molar-refractivity contribution in [2.45, 2.75) is 18.9 Å². The van der Waals surface area contributed by atoms with Gasteiger partial charge in [0.25, 0.3) is 5.91 Å². The van der Waals surface area contributed by atoms with Gasteiger partial charge in [-0.15, -0.1) is 0 Å². The minimum absolute atomic E-state index is 0.0891. The Morgan fingerprint density at radius 1 is 1.07 bits per heavy atom. The summed E-state index contributed by atoms with van der Waals surface area (Å²) in [5.41, 5.74) is 0.708. The van der Waals surface area contributed by atoms with Crippen LogP contribution in [-0.4, -0.2) is 50.8 Å². The summed E-state index contributed by atoms with van der Waals surface area (Å²) in [6.07, 6.45) is 2.33. The molecule has 1 saturated heterocycles. The molecule has 0 saturated carbocycles. The van der Waals surface area contributed by atoms with Gasteiger partial charge in [-0.3, -0.25) is 4.79 Å². The van der Waals surface area contributed by atoms with Crippen molar-refractivity contribution >= 4 is 11.6 Å². The van der Waals surface area contributed by atoms with Crippen LogP contribution in [0, 0.1) is 0 Å². The molecule has 0 bridgehead atoms. The molecule has 1 aliphatic rings. The SMILES string of the molecule is COc1ccccc1OCC(=O)Nc1ccc(OC2CCN(C)CC2)cc1. The molecule has 6 heteroatoms. The lowest BCUT2D eigenvalue weighted by molar-refractivity contribution is -0.118. The van der Waals surface area contributed by atoms with Gasteiger partial charge in [0, 0.05) is 18.8 Å². The summed E-state index contributed by atoms with van der Waals surface area (Å²) in [5.74, 6) is 1.73. The first-order chi connectivity index (χ1) is 13.1. The Hall–Kier alpha value is -2.73. The minimum atomic E-state index is -0.232. The molecular weight excluding hydrogens is 344 g/mol. The molecule has 1 N–H and O–H groups in total. The lowest BCUT2D eigenvalue weighted by atomic mass is 10.1. The normalized spacial score (nSPS) is 15.2. The molecule has 1 amide bonds. The first-order valence-electron chi connectivity index (χ1n) is 9.15. The summed E-state index contributed by atoms with van der Waals surface area (Å²) in [5, 5.41) is 2.82. The van der Waals surface area contributed by atoms with Gasteiger partial charge in [-0.25, -0.2) is 0 Å². The molecule has 0 radical (unpaired) electrons. The van der Waals surface area contributed by atoms with Crippen LogP contribution in [0.1, 0.15) is 12.8 Å². The number of methoxy groups -OCH3 is 1. The van der Waals surface area contributed by atoms with Crippen LogP contribution in [0.15, 0.2) is 48.5 Å². The number of benzene rings is 2. The third-order valence-electron chi connectivity index (χ3n) is 4.53. The van der Waals surface area contributed by atoms with Crippen LogP contribution in [-0.2, 0) is 4.79 Å². The number of rotatable bonds is 7. The predicted octanol–water partition coefficient (Wildman–Crippen LogP) is 3.19. The van der Waals surface area contributed by atoms with E-state index in [9.17, 15) is 4.79 Å². The number of anilines is 1. The van der Waals surface area contributed by atoms with Gasteiger partial charge >= 0.3 is 0 Å². The van der Waals surface area contributed by atoms with Gasteiger partial charge in [0.15, 0.2) is 18.1 Å². The number of hydrogen-bond donors (Lipinski definition) is 1. The molecule has 1 fully saturated rings. The highest BCUT2D eigenvalue weighted by molar-refractivity contribution is 5.91. The number of carbonyl (C=O) groups is 1. The number of carbonyl (C=O) groups excluding carboxylic acids is 1. The number of para-hydroxylation sites is 2. The number of likely N-dealkylation sites (tertiary alicyclic amines) is 1. The van der Waals surface area contributed by atoms with Gasteiger partial charge in [-0.2, -0.15) is 0 Å². The summed E-state index contributed by atoms with van der Waals surface area (Å²) in [6.45, 7) is 2.03. The summed E-state index contributed by atoms with van der Waals surface area (Å²) in [7, 11) is 3.70. The van der Waals surface area contributed by atoms with Gasteiger partial charge in [-0.1, -0.05) is 12.1 Å². The van der Waals surface area contributed by atoms with Crippen molar-refractivity contribution < 1.29 is 19.0 Å². The van der Waals surface area contributed by atoms with E-state index in [0.717, 1.165) is 31.7 Å². The zero-order chi connectivity index (χ0) is 19.1. The zero-order valence-corrected chi connectivity index (χ0v) is 15.8. The largest absolute Gasteiger partial charge is 0.493 e. The number of piperidine rings is 1. The molecule has 2 aromatic rings. The highest BCUT2D eigenvalue weighted by Gasteiger charge is 2.18. The Labute approximate surface area is 160 Å². The van der Waals surface area contributed by atoms with E-state index in [1.54, 1.807) is 19.2 Å². The van der Waals surface area contributed by atoms with Crippen LogP contribution >= 0.6 is 0 Å². The smallest absolute Gasteiger partial charge is 0.262 e. The molecule has 27 heavy (non-hydrogen) atoms. The summed E-state index contributed by atoms with van der Waals surface area (Å²) >= 11 is 0. The molecule has 6 nitrogen and oxygen atoms in total. The average molecular weight is 370 g/mol. The van der Waals surface area contributed by atoms with E-state index in [2.05, 4.69) is 17.3 Å². The molecule has 0 aromatic heterocycles. The van der Waals surface area contributed by atoms with Crippen molar-refractivity contribution in [1.29, 1.82) is 0 Å². The predicted molar refractivity (Wildman–Crippen MR) is 105 cm³/mol. The third-order valence-corrected chi connectivity index (χ3v) is 4.53. The van der Waals surface area contributed by atoms with E-state index >= 15 is 0 Å². The van der Waals surface area contributed by atoms with E-state index in [-0.39, 0.29) is 18.6 Å². The quantitative estimate of drug-likeness (QED) is 0.811. The topological polar surface area (TPSA) is 60.0 Å². The Morgan fingerprint density at radius 3 is 2.41 bits per heavy atom. The van der Waals surface area contributed by atoms with E-state index in [1.165, 1.54) is 0 Å². The molecular formula is C21H26N2O4. The molecule has 1 heterocycles. The minimum Gasteiger partial charge on any atom is -0.493 e. The fourth-order valence-corrected chi connectivity index (χ4v) is 2.99. The summed E-state index contributed by atoms with van der Waals surface area (Å²) in [4.78, 5) is 14.4. The van der Waals surface area contributed by atoms with Gasteiger partial charge in [0.1, 0.15) is 11.9 Å². The van der Waals surface area contributed by atoms with E-state index < -0.39 is 0 Å². The highest BCUT2D eigenvalue weighted by Crippen LogP contribution is 2.25. The molecule has 1 aliphatic heterocycles. The number of amides is 1. The van der Waals surface area contributed by atoms with Crippen LogP contribution < -0.4 is 19.5 Å². The van der Waals surface area contributed by atoms with Crippen LogP contribution in [0.5, 0.6) is 17.2 Å². The average Bonchev–Trinajstić information content (AvgIpc) is 2.70. The summed E-state index contributed by atoms with van der Waals surface area (Å²) < 4.78 is 16.7. The van der Waals surface area contributed by atoms with E-state index in [1.807, 2.05) is 36.4 Å². The van der Waals surface area contributed by atoms with E-state index in [4.69, 9.17) is 14.2 Å². The maximum Gasteiger partial charge on any atom is 0.262 e. The third kappa shape index (κ3) is 5.62. The Kier molecular flexibility index (Phi) is 6.54. The Morgan fingerprint density at radius 2 is 1.74 bits per heavy atom. The van der Waals surface area contributed by atoms with Crippen molar-refractivity contribution in [2.24, 2.45) is 0 Å². The first kappa shape index (κ1) is 19.0. The van der Waals surface area contributed by atoms with Crippen LogP contribution in [0.3, 0.4) is 0 Å². The van der Waals surface area contributed by atoms with Crippen LogP contribution in [0.25, 0.3) is 0 Å². The Balaban J connectivity index is 1.47. The molecule has 2 aromatic carbocycles. The van der Waals surface area contributed by atoms with Crippen LogP contribution in [0.4, 0.5) is 5.69 Å². The standard InChI is InChI=1S/C21H26N2O4/c1-23-13-11-18(12-14-23)27-17-9-7-16(8-10-17)22-21(24)15-26-20-6-4-3-5-19(20)25-2/h3-10,18H,11-15H2,1-2H3,(H,22,24). The number of ether oxygens (including phenoxy) is 3. The van der Waals surface area contributed by atoms with Crippen molar-refractivity contribution in [3.63, 3.8) is 0 Å². The number of hydrogen-bond acceptors (Lipinski definition) is 5. The van der Waals surface area contributed by atoms with Gasteiger partial charge in [0.2, 0.25) is 0 Å². The lowest BCUT2D eigenvalue weighted by Crippen LogP contribution is -2.35. The van der Waals surface area contributed by atoms with Gasteiger partial charge in [-0.05, 0) is 56.3 Å². The maximum absolute atomic E-state index is 12.1. The lowest BCUT2D eigenvalue weighted by Gasteiger charge is -2.29. The fourth-order valence-electron chi connectivity index (χ4n) is 2.99. The second-order valence-corrected chi connectivity index (χ2v) is 6.63. The van der Waals surface area contributed by atoms with Crippen molar-refractivity contribution in [1.82, 2.24) is 4.90 Å². The van der Waals surface area contributed by atoms with Crippen molar-refractivity contribution in [3.8, 4) is 17.2 Å². The monoisotopic (exact) mass is 370 g/mol. The first-order valence-corrected chi connectivity index (χ1v) is 9.15. The second-order valence-electron chi connectivity index (χ2n) is 6.63. The number of nitrogens with zero attached hydrogens (tertiary/aromatic N) is 1. The highest BCUT2D eigenvalue weighted by atomic mass is 16.5. The fraction of sp³-hybridized carbons (Fsp3) is 0.381. The summed E-state index contributed by atoms with van der Waals surface area (Å²) in [6, 6.07) is 14.7. The molecule has 0 aliphatic carbocycles. The molecule has 0 spiro atoms. The van der Waals surface area contributed by atoms with Crippen molar-refractivity contribution in [3.05, 3.63) is 48.5 Å². The van der Waals surface area contributed by atoms with Gasteiger partial charge in [0.05, 0.1) is 7.11 Å². The zero-order valence-electron chi connectivity index (χ0n) is 15.8. The number of nitrogens with one attached hydrogen (secondary N) is 1. The second kappa shape index (κ2) is 9.28. The van der Waals surface area contributed by atoms with Crippen LogP contribution in [0.2, 0.25) is 0 Å². The molecule has 3 rings (SSSR count). The van der Waals surface area contributed by atoms with Gasteiger partial charge < -0.3 is 24.4 Å². The molecule has 144 valence electrons. The molecule has 0 atom stereocenters. The Bertz CT molecular complexity index is 740. The van der Waals surface area contributed by atoms with Crippen molar-refractivity contribution in [2.75, 3.05) is 39.2 Å². The van der Waals surface area contributed by atoms with E-state index in [0.29, 0.717) is 17.2 Å². The molecule has 0 unspecified atom stereocenters.